The number of amides is 1. The number of rotatable bonds is 9. The molecule has 0 aromatic carbocycles. The highest BCUT2D eigenvalue weighted by Gasteiger charge is 2.31. The van der Waals surface area contributed by atoms with Crippen molar-refractivity contribution in [3.05, 3.63) is 45.2 Å². The van der Waals surface area contributed by atoms with Gasteiger partial charge in [0.1, 0.15) is 15.8 Å². The maximum atomic E-state index is 13.2. The molecule has 160 valence electrons. The quantitative estimate of drug-likeness (QED) is 0.359. The van der Waals surface area contributed by atoms with Crippen molar-refractivity contribution in [1.29, 1.82) is 0 Å². The molecule has 1 aliphatic rings. The molecule has 0 saturated carbocycles. The summed E-state index contributed by atoms with van der Waals surface area (Å²) in [6.45, 7) is 7.76. The zero-order chi connectivity index (χ0) is 21.7. The van der Waals surface area contributed by atoms with E-state index in [0.29, 0.717) is 46.0 Å². The largest absolute Gasteiger partial charge is 0.379 e. The number of hydrogen-bond acceptors (Lipinski definition) is 7. The van der Waals surface area contributed by atoms with E-state index >= 15 is 0 Å². The second-order valence-corrected chi connectivity index (χ2v) is 8.82. The van der Waals surface area contributed by atoms with Gasteiger partial charge in [0.25, 0.3) is 11.5 Å². The fraction of sp³-hybridized carbons (Fsp3) is 0.429. The normalized spacial score (nSPS) is 15.7. The van der Waals surface area contributed by atoms with Gasteiger partial charge in [-0.25, -0.2) is 4.98 Å². The lowest BCUT2D eigenvalue weighted by atomic mass is 10.2. The van der Waals surface area contributed by atoms with Gasteiger partial charge in [-0.15, -0.1) is 0 Å². The van der Waals surface area contributed by atoms with Crippen LogP contribution in [0.5, 0.6) is 0 Å². The van der Waals surface area contributed by atoms with Gasteiger partial charge in [-0.3, -0.25) is 18.9 Å². The Morgan fingerprint density at radius 1 is 1.33 bits per heavy atom. The molecule has 9 heteroatoms. The molecule has 30 heavy (non-hydrogen) atoms. The lowest BCUT2D eigenvalue weighted by Crippen LogP contribution is -2.28. The molecule has 0 aliphatic carbocycles. The first-order valence-electron chi connectivity index (χ1n) is 10.0. The molecule has 1 N–H and O–H groups in total. The van der Waals surface area contributed by atoms with Crippen molar-refractivity contribution >= 4 is 51.7 Å². The molecule has 3 rings (SSSR count). The van der Waals surface area contributed by atoms with Gasteiger partial charge in [-0.05, 0) is 44.9 Å². The summed E-state index contributed by atoms with van der Waals surface area (Å²) in [5.74, 6) is 0.289. The number of fused-ring (bicyclic) bond motifs is 1. The van der Waals surface area contributed by atoms with Crippen LogP contribution in [-0.4, -0.2) is 50.3 Å². The Labute approximate surface area is 185 Å². The Kier molecular flexibility index (Phi) is 7.63. The van der Waals surface area contributed by atoms with Crippen LogP contribution >= 0.6 is 24.0 Å². The number of nitrogens with one attached hydrogen (secondary N) is 1. The third-order valence-electron chi connectivity index (χ3n) is 4.43. The number of thiocarbonyl (C=S) groups is 1. The number of hydrogen-bond donors (Lipinski definition) is 1. The molecule has 3 heterocycles. The second-order valence-electron chi connectivity index (χ2n) is 7.14. The fourth-order valence-electron chi connectivity index (χ4n) is 3.01. The van der Waals surface area contributed by atoms with Gasteiger partial charge in [0.2, 0.25) is 0 Å². The molecule has 0 spiro atoms. The van der Waals surface area contributed by atoms with Crippen LogP contribution < -0.4 is 10.9 Å². The summed E-state index contributed by atoms with van der Waals surface area (Å²) in [5.41, 5.74) is 0.655. The third kappa shape index (κ3) is 5.08. The van der Waals surface area contributed by atoms with Crippen LogP contribution in [0.25, 0.3) is 11.7 Å². The van der Waals surface area contributed by atoms with Gasteiger partial charge in [0, 0.05) is 25.9 Å². The first-order valence-corrected chi connectivity index (χ1v) is 11.3. The van der Waals surface area contributed by atoms with Crippen molar-refractivity contribution < 1.29 is 9.53 Å². The smallest absolute Gasteiger partial charge is 0.267 e. The van der Waals surface area contributed by atoms with Gasteiger partial charge in [-0.2, -0.15) is 0 Å². The van der Waals surface area contributed by atoms with Crippen LogP contribution in [0.3, 0.4) is 0 Å². The van der Waals surface area contributed by atoms with Crippen molar-refractivity contribution in [3.8, 4) is 0 Å². The molecule has 1 amide bonds. The molecule has 1 aliphatic heterocycles. The number of anilines is 1. The molecule has 0 bridgehead atoms. The molecule has 1 saturated heterocycles. The van der Waals surface area contributed by atoms with Crippen molar-refractivity contribution in [1.82, 2.24) is 14.3 Å². The minimum absolute atomic E-state index is 0.166. The van der Waals surface area contributed by atoms with Gasteiger partial charge in [0.05, 0.1) is 16.6 Å². The van der Waals surface area contributed by atoms with Crippen LogP contribution in [0.2, 0.25) is 0 Å². The Morgan fingerprint density at radius 2 is 2.13 bits per heavy atom. The van der Waals surface area contributed by atoms with E-state index in [0.717, 1.165) is 12.8 Å². The Balaban J connectivity index is 1.94. The fourth-order valence-corrected chi connectivity index (χ4v) is 4.30. The lowest BCUT2D eigenvalue weighted by Gasteiger charge is -2.13. The summed E-state index contributed by atoms with van der Waals surface area (Å²) in [7, 11) is 0. The minimum atomic E-state index is -0.234. The first kappa shape index (κ1) is 22.5. The van der Waals surface area contributed by atoms with E-state index < -0.39 is 0 Å². The van der Waals surface area contributed by atoms with Crippen molar-refractivity contribution in [2.75, 3.05) is 25.0 Å². The van der Waals surface area contributed by atoms with Crippen molar-refractivity contribution in [2.24, 2.45) is 0 Å². The molecule has 0 radical (unpaired) electrons. The summed E-state index contributed by atoms with van der Waals surface area (Å²) >= 11 is 6.56. The number of ether oxygens (including phenoxy) is 1. The molecular formula is C21H26N4O3S2. The van der Waals surface area contributed by atoms with Gasteiger partial charge in [0.15, 0.2) is 0 Å². The summed E-state index contributed by atoms with van der Waals surface area (Å²) < 4.78 is 7.56. The monoisotopic (exact) mass is 446 g/mol. The number of pyridine rings is 1. The highest BCUT2D eigenvalue weighted by Crippen LogP contribution is 2.33. The van der Waals surface area contributed by atoms with E-state index in [2.05, 4.69) is 10.3 Å². The summed E-state index contributed by atoms with van der Waals surface area (Å²) in [5, 5.41) is 3.24. The lowest BCUT2D eigenvalue weighted by molar-refractivity contribution is -0.122. The van der Waals surface area contributed by atoms with Crippen LogP contribution in [0.4, 0.5) is 5.82 Å². The average molecular weight is 447 g/mol. The van der Waals surface area contributed by atoms with E-state index in [-0.39, 0.29) is 17.6 Å². The molecule has 7 nitrogen and oxygen atoms in total. The first-order chi connectivity index (χ1) is 14.4. The number of thioether (sulfide) groups is 1. The summed E-state index contributed by atoms with van der Waals surface area (Å²) in [4.78, 5) is 32.5. The third-order valence-corrected chi connectivity index (χ3v) is 5.81. The van der Waals surface area contributed by atoms with Gasteiger partial charge in [-0.1, -0.05) is 37.0 Å². The van der Waals surface area contributed by atoms with Gasteiger partial charge >= 0.3 is 0 Å². The maximum Gasteiger partial charge on any atom is 0.267 e. The van der Waals surface area contributed by atoms with E-state index in [1.807, 2.05) is 26.8 Å². The van der Waals surface area contributed by atoms with E-state index in [1.165, 1.54) is 16.2 Å². The highest BCUT2D eigenvalue weighted by molar-refractivity contribution is 8.26. The Hall–Kier alpha value is -2.23. The molecular weight excluding hydrogens is 420 g/mol. The molecule has 2 aromatic rings. The molecule has 1 fully saturated rings. The molecule has 0 atom stereocenters. The average Bonchev–Trinajstić information content (AvgIpc) is 2.98. The van der Waals surface area contributed by atoms with Crippen molar-refractivity contribution in [3.63, 3.8) is 0 Å². The second kappa shape index (κ2) is 10.2. The summed E-state index contributed by atoms with van der Waals surface area (Å²) in [6, 6.07) is 5.38. The van der Waals surface area contributed by atoms with E-state index in [4.69, 9.17) is 17.0 Å². The Bertz CT molecular complexity index is 1030. The number of nitrogens with zero attached hydrogens (tertiary/aromatic N) is 3. The minimum Gasteiger partial charge on any atom is -0.379 e. The summed E-state index contributed by atoms with van der Waals surface area (Å²) in [6.07, 6.45) is 5.03. The SMILES string of the molecule is CCCN1C(=O)/C(=C/c2c(NCCCOC(C)C)nc3ccccn3c2=O)SC1=S. The van der Waals surface area contributed by atoms with Gasteiger partial charge < -0.3 is 10.1 Å². The van der Waals surface area contributed by atoms with Crippen LogP contribution in [0.1, 0.15) is 39.2 Å². The number of aromatic nitrogens is 2. The predicted molar refractivity (Wildman–Crippen MR) is 126 cm³/mol. The van der Waals surface area contributed by atoms with Crippen LogP contribution in [0, 0.1) is 0 Å². The van der Waals surface area contributed by atoms with E-state index in [9.17, 15) is 9.59 Å². The zero-order valence-corrected chi connectivity index (χ0v) is 19.0. The van der Waals surface area contributed by atoms with Crippen LogP contribution in [0.15, 0.2) is 34.1 Å². The van der Waals surface area contributed by atoms with E-state index in [1.54, 1.807) is 29.3 Å². The molecule has 0 unspecified atom stereocenters. The topological polar surface area (TPSA) is 75.9 Å². The standard InChI is InChI=1S/C21H26N4O3S2/c1-4-10-25-20(27)16(30-21(25)29)13-15-18(22-9-7-12-28-14(2)3)23-17-8-5-6-11-24(17)19(15)26/h5-6,8,11,13-14,22H,4,7,9-10,12H2,1-3H3/b16-13-. The molecule has 2 aromatic heterocycles. The highest BCUT2D eigenvalue weighted by atomic mass is 32.2. The zero-order valence-electron chi connectivity index (χ0n) is 17.4. The van der Waals surface area contributed by atoms with Crippen LogP contribution in [-0.2, 0) is 9.53 Å². The van der Waals surface area contributed by atoms with Crippen molar-refractivity contribution in [2.45, 2.75) is 39.7 Å². The Morgan fingerprint density at radius 3 is 2.87 bits per heavy atom. The number of carbonyl (C=O) groups is 1. The predicted octanol–water partition coefficient (Wildman–Crippen LogP) is 3.53. The maximum absolute atomic E-state index is 13.2. The number of carbonyl (C=O) groups excluding carboxylic acids is 1.